The normalized spacial score (nSPS) is 12.8. The minimum absolute atomic E-state index is 0.406. The number of rotatable bonds is 6. The Balaban J connectivity index is 2.21. The SMILES string of the molecule is CC[C@H](C)c1ccc(N[C@@H](C(=O)NC(=O)NC)c2ccccc2)cc1. The maximum absolute atomic E-state index is 12.5. The summed E-state index contributed by atoms with van der Waals surface area (Å²) in [6, 6.07) is 16.2. The number of urea groups is 1. The van der Waals surface area contributed by atoms with Crippen LogP contribution in [0, 0.1) is 0 Å². The first-order valence-corrected chi connectivity index (χ1v) is 8.49. The fourth-order valence-corrected chi connectivity index (χ4v) is 2.50. The quantitative estimate of drug-likeness (QED) is 0.749. The van der Waals surface area contributed by atoms with Crippen molar-refractivity contribution < 1.29 is 9.59 Å². The van der Waals surface area contributed by atoms with Crippen molar-refractivity contribution >= 4 is 17.6 Å². The van der Waals surface area contributed by atoms with Crippen molar-refractivity contribution in [3.8, 4) is 0 Å². The van der Waals surface area contributed by atoms with Gasteiger partial charge < -0.3 is 10.6 Å². The largest absolute Gasteiger partial charge is 0.370 e. The van der Waals surface area contributed by atoms with Crippen LogP contribution >= 0.6 is 0 Å². The molecule has 2 rings (SSSR count). The summed E-state index contributed by atoms with van der Waals surface area (Å²) >= 11 is 0. The molecule has 0 bridgehead atoms. The van der Waals surface area contributed by atoms with Crippen molar-refractivity contribution in [2.75, 3.05) is 12.4 Å². The number of carbonyl (C=O) groups is 2. The lowest BCUT2D eigenvalue weighted by molar-refractivity contribution is -0.120. The highest BCUT2D eigenvalue weighted by atomic mass is 16.2. The zero-order chi connectivity index (χ0) is 18.2. The van der Waals surface area contributed by atoms with Gasteiger partial charge in [0.2, 0.25) is 0 Å². The predicted molar refractivity (Wildman–Crippen MR) is 101 cm³/mol. The lowest BCUT2D eigenvalue weighted by atomic mass is 9.98. The first kappa shape index (κ1) is 18.5. The van der Waals surface area contributed by atoms with Crippen LogP contribution in [0.1, 0.15) is 43.4 Å². The number of anilines is 1. The molecule has 0 saturated heterocycles. The van der Waals surface area contributed by atoms with Crippen molar-refractivity contribution in [2.24, 2.45) is 0 Å². The van der Waals surface area contributed by atoms with Crippen molar-refractivity contribution in [3.05, 3.63) is 65.7 Å². The van der Waals surface area contributed by atoms with Gasteiger partial charge in [-0.2, -0.15) is 0 Å². The summed E-state index contributed by atoms with van der Waals surface area (Å²) in [6.45, 7) is 4.34. The average molecular weight is 339 g/mol. The van der Waals surface area contributed by atoms with Gasteiger partial charge >= 0.3 is 6.03 Å². The Kier molecular flexibility index (Phi) is 6.57. The number of hydrogen-bond acceptors (Lipinski definition) is 3. The zero-order valence-corrected chi connectivity index (χ0v) is 14.9. The Labute approximate surface area is 148 Å². The Morgan fingerprint density at radius 1 is 0.960 bits per heavy atom. The fourth-order valence-electron chi connectivity index (χ4n) is 2.50. The average Bonchev–Trinajstić information content (AvgIpc) is 2.66. The van der Waals surface area contributed by atoms with Crippen LogP contribution in [0.15, 0.2) is 54.6 Å². The molecule has 25 heavy (non-hydrogen) atoms. The smallest absolute Gasteiger partial charge is 0.321 e. The van der Waals surface area contributed by atoms with E-state index >= 15 is 0 Å². The Morgan fingerprint density at radius 2 is 1.60 bits per heavy atom. The molecule has 0 unspecified atom stereocenters. The van der Waals surface area contributed by atoms with Gasteiger partial charge in [-0.1, -0.05) is 56.3 Å². The zero-order valence-electron chi connectivity index (χ0n) is 14.9. The van der Waals surface area contributed by atoms with Crippen molar-refractivity contribution in [3.63, 3.8) is 0 Å². The number of hydrogen-bond donors (Lipinski definition) is 3. The van der Waals surface area contributed by atoms with Crippen LogP contribution in [0.3, 0.4) is 0 Å². The molecule has 0 aliphatic heterocycles. The van der Waals surface area contributed by atoms with Gasteiger partial charge in [-0.3, -0.25) is 10.1 Å². The summed E-state index contributed by atoms with van der Waals surface area (Å²) < 4.78 is 0. The molecule has 0 spiro atoms. The molecule has 132 valence electrons. The first-order chi connectivity index (χ1) is 12.0. The van der Waals surface area contributed by atoms with Crippen LogP contribution < -0.4 is 16.0 Å². The van der Waals surface area contributed by atoms with E-state index in [1.807, 2.05) is 42.5 Å². The maximum Gasteiger partial charge on any atom is 0.321 e. The second-order valence-electron chi connectivity index (χ2n) is 5.99. The van der Waals surface area contributed by atoms with Gasteiger partial charge in [-0.15, -0.1) is 0 Å². The van der Waals surface area contributed by atoms with E-state index in [0.29, 0.717) is 5.92 Å². The molecule has 0 saturated carbocycles. The van der Waals surface area contributed by atoms with E-state index in [4.69, 9.17) is 0 Å². The molecular formula is C20H25N3O2. The van der Waals surface area contributed by atoms with Crippen LogP contribution in [0.25, 0.3) is 0 Å². The molecule has 2 aromatic rings. The van der Waals surface area contributed by atoms with Crippen molar-refractivity contribution in [1.29, 1.82) is 0 Å². The van der Waals surface area contributed by atoms with Crippen molar-refractivity contribution in [1.82, 2.24) is 10.6 Å². The second-order valence-corrected chi connectivity index (χ2v) is 5.99. The molecule has 0 aromatic heterocycles. The first-order valence-electron chi connectivity index (χ1n) is 8.49. The molecule has 5 heteroatoms. The number of carbonyl (C=O) groups excluding carboxylic acids is 2. The summed E-state index contributed by atoms with van der Waals surface area (Å²) in [4.78, 5) is 24.0. The summed E-state index contributed by atoms with van der Waals surface area (Å²) in [5, 5.41) is 7.95. The summed E-state index contributed by atoms with van der Waals surface area (Å²) in [7, 11) is 1.47. The molecule has 0 heterocycles. The van der Waals surface area contributed by atoms with Crippen LogP contribution in [0.4, 0.5) is 10.5 Å². The maximum atomic E-state index is 12.5. The predicted octanol–water partition coefficient (Wildman–Crippen LogP) is 3.81. The number of imide groups is 1. The van der Waals surface area contributed by atoms with Crippen LogP contribution in [0.2, 0.25) is 0 Å². The molecule has 0 aliphatic carbocycles. The molecule has 0 fully saturated rings. The minimum Gasteiger partial charge on any atom is -0.370 e. The Bertz CT molecular complexity index is 699. The summed E-state index contributed by atoms with van der Waals surface area (Å²) in [6.07, 6.45) is 1.08. The van der Waals surface area contributed by atoms with Crippen LogP contribution in [-0.4, -0.2) is 19.0 Å². The number of amides is 3. The van der Waals surface area contributed by atoms with E-state index in [0.717, 1.165) is 17.7 Å². The Hall–Kier alpha value is -2.82. The number of nitrogens with one attached hydrogen (secondary N) is 3. The minimum atomic E-state index is -0.659. The fraction of sp³-hybridized carbons (Fsp3) is 0.300. The summed E-state index contributed by atoms with van der Waals surface area (Å²) in [5.74, 6) is 0.0899. The highest BCUT2D eigenvalue weighted by molar-refractivity contribution is 5.98. The van der Waals surface area contributed by atoms with E-state index in [2.05, 4.69) is 41.9 Å². The van der Waals surface area contributed by atoms with E-state index in [1.165, 1.54) is 12.6 Å². The highest BCUT2D eigenvalue weighted by Crippen LogP contribution is 2.24. The van der Waals surface area contributed by atoms with Crippen LogP contribution in [0.5, 0.6) is 0 Å². The van der Waals surface area contributed by atoms with Gasteiger partial charge in [0.05, 0.1) is 0 Å². The van der Waals surface area contributed by atoms with E-state index in [-0.39, 0.29) is 0 Å². The van der Waals surface area contributed by atoms with Gasteiger partial charge in [-0.25, -0.2) is 4.79 Å². The third kappa shape index (κ3) is 5.08. The van der Waals surface area contributed by atoms with Gasteiger partial charge in [-0.05, 0) is 35.6 Å². The molecule has 0 radical (unpaired) electrons. The van der Waals surface area contributed by atoms with Gasteiger partial charge in [0.15, 0.2) is 0 Å². The van der Waals surface area contributed by atoms with E-state index in [9.17, 15) is 9.59 Å². The van der Waals surface area contributed by atoms with Crippen LogP contribution in [-0.2, 0) is 4.79 Å². The number of benzene rings is 2. The third-order valence-corrected chi connectivity index (χ3v) is 4.26. The molecule has 3 amide bonds. The molecule has 2 aromatic carbocycles. The van der Waals surface area contributed by atoms with Gasteiger partial charge in [0.25, 0.3) is 5.91 Å². The molecule has 0 aliphatic rings. The molecule has 5 nitrogen and oxygen atoms in total. The lowest BCUT2D eigenvalue weighted by Crippen LogP contribution is -2.42. The summed E-state index contributed by atoms with van der Waals surface area (Å²) in [5.41, 5.74) is 2.88. The molecule has 2 atom stereocenters. The lowest BCUT2D eigenvalue weighted by Gasteiger charge is -2.20. The van der Waals surface area contributed by atoms with E-state index < -0.39 is 18.0 Å². The second kappa shape index (κ2) is 8.87. The van der Waals surface area contributed by atoms with Gasteiger partial charge in [0.1, 0.15) is 6.04 Å². The highest BCUT2D eigenvalue weighted by Gasteiger charge is 2.22. The molecule has 3 N–H and O–H groups in total. The standard InChI is InChI=1S/C20H25N3O2/c1-4-14(2)15-10-12-17(13-11-15)22-18(16-8-6-5-7-9-16)19(24)23-20(25)21-3/h5-14,18,22H,4H2,1-3H3,(H2,21,23,24,25)/t14-,18+/m0/s1. The van der Waals surface area contributed by atoms with E-state index in [1.54, 1.807) is 0 Å². The van der Waals surface area contributed by atoms with Crippen molar-refractivity contribution in [2.45, 2.75) is 32.2 Å². The molecular weight excluding hydrogens is 314 g/mol. The Morgan fingerprint density at radius 3 is 2.16 bits per heavy atom. The van der Waals surface area contributed by atoms with Gasteiger partial charge in [0, 0.05) is 12.7 Å². The topological polar surface area (TPSA) is 70.2 Å². The third-order valence-electron chi connectivity index (χ3n) is 4.26. The monoisotopic (exact) mass is 339 g/mol.